The van der Waals surface area contributed by atoms with E-state index in [0.717, 1.165) is 12.1 Å². The maximum Gasteiger partial charge on any atom is 0.271 e. The number of primary amides is 1. The molecule has 2 aromatic rings. The van der Waals surface area contributed by atoms with Crippen molar-refractivity contribution in [3.63, 3.8) is 0 Å². The molecular formula is C17H13F2IN4O2. The van der Waals surface area contributed by atoms with Gasteiger partial charge in [-0.25, -0.2) is 8.78 Å². The predicted octanol–water partition coefficient (Wildman–Crippen LogP) is 2.63. The minimum absolute atomic E-state index is 0.00854. The Morgan fingerprint density at radius 1 is 1.19 bits per heavy atom. The van der Waals surface area contributed by atoms with Crippen molar-refractivity contribution in [1.82, 2.24) is 0 Å². The molecule has 1 atom stereocenters. The second-order valence-electron chi connectivity index (χ2n) is 5.56. The van der Waals surface area contributed by atoms with Gasteiger partial charge in [0.15, 0.2) is 0 Å². The summed E-state index contributed by atoms with van der Waals surface area (Å²) < 4.78 is 27.1. The van der Waals surface area contributed by atoms with Gasteiger partial charge in [-0.3, -0.25) is 14.6 Å². The van der Waals surface area contributed by atoms with Gasteiger partial charge in [-0.2, -0.15) is 5.10 Å². The third-order valence-electron chi connectivity index (χ3n) is 3.76. The standard InChI is InChI=1S/C17H13F2IN4O2/c18-11-6-9(7-12(19)15(11)20)22-17(26)13-8-14(16(21)25)24(23-13)10-4-2-1-3-5-10/h1-7,14H,8H2,(H2,21,25)(H,22,26). The molecule has 1 aliphatic rings. The first-order chi connectivity index (χ1) is 12.4. The molecule has 2 amide bonds. The zero-order chi connectivity index (χ0) is 18.8. The fourth-order valence-corrected chi connectivity index (χ4v) is 2.83. The largest absolute Gasteiger partial charge is 0.368 e. The van der Waals surface area contributed by atoms with Crippen molar-refractivity contribution in [2.45, 2.75) is 12.5 Å². The highest BCUT2D eigenvalue weighted by molar-refractivity contribution is 14.1. The highest BCUT2D eigenvalue weighted by atomic mass is 127. The molecule has 1 aliphatic heterocycles. The number of nitrogens with two attached hydrogens (primary N) is 1. The quantitative estimate of drug-likeness (QED) is 0.532. The summed E-state index contributed by atoms with van der Waals surface area (Å²) in [5, 5.41) is 7.93. The number of hydrogen-bond acceptors (Lipinski definition) is 4. The van der Waals surface area contributed by atoms with Gasteiger partial charge in [0.25, 0.3) is 5.91 Å². The number of carbonyl (C=O) groups excluding carboxylic acids is 2. The van der Waals surface area contributed by atoms with Gasteiger partial charge >= 0.3 is 0 Å². The molecule has 0 radical (unpaired) electrons. The Morgan fingerprint density at radius 3 is 2.38 bits per heavy atom. The molecule has 26 heavy (non-hydrogen) atoms. The third-order valence-corrected chi connectivity index (χ3v) is 4.79. The summed E-state index contributed by atoms with van der Waals surface area (Å²) in [5.74, 6) is -2.85. The van der Waals surface area contributed by atoms with E-state index in [1.165, 1.54) is 27.6 Å². The van der Waals surface area contributed by atoms with E-state index in [9.17, 15) is 18.4 Å². The normalized spacial score (nSPS) is 16.3. The van der Waals surface area contributed by atoms with Crippen molar-refractivity contribution in [3.05, 3.63) is 57.7 Å². The lowest BCUT2D eigenvalue weighted by Crippen LogP contribution is -2.39. The second kappa shape index (κ2) is 7.36. The van der Waals surface area contributed by atoms with Gasteiger partial charge in [-0.05, 0) is 46.9 Å². The highest BCUT2D eigenvalue weighted by Gasteiger charge is 2.35. The van der Waals surface area contributed by atoms with Crippen LogP contribution in [0.5, 0.6) is 0 Å². The summed E-state index contributed by atoms with van der Waals surface area (Å²) >= 11 is 1.53. The van der Waals surface area contributed by atoms with Gasteiger partial charge in [-0.1, -0.05) is 18.2 Å². The van der Waals surface area contributed by atoms with Crippen LogP contribution in [0.15, 0.2) is 47.6 Å². The van der Waals surface area contributed by atoms with Crippen LogP contribution in [0.25, 0.3) is 0 Å². The van der Waals surface area contributed by atoms with E-state index < -0.39 is 29.5 Å². The molecule has 3 rings (SSSR count). The minimum atomic E-state index is -0.816. The lowest BCUT2D eigenvalue weighted by molar-refractivity contribution is -0.119. The van der Waals surface area contributed by atoms with Crippen LogP contribution in [-0.4, -0.2) is 23.6 Å². The third kappa shape index (κ3) is 3.66. The van der Waals surface area contributed by atoms with Crippen molar-refractivity contribution in [2.75, 3.05) is 10.3 Å². The average Bonchev–Trinajstić information content (AvgIpc) is 3.06. The average molecular weight is 470 g/mol. The van der Waals surface area contributed by atoms with Crippen LogP contribution >= 0.6 is 22.6 Å². The molecule has 2 aromatic carbocycles. The molecular weight excluding hydrogens is 457 g/mol. The van der Waals surface area contributed by atoms with Crippen molar-refractivity contribution in [3.8, 4) is 0 Å². The van der Waals surface area contributed by atoms with E-state index in [4.69, 9.17) is 5.73 Å². The van der Waals surface area contributed by atoms with E-state index in [0.29, 0.717) is 5.69 Å². The first-order valence-corrected chi connectivity index (χ1v) is 8.61. The van der Waals surface area contributed by atoms with Crippen LogP contribution in [0, 0.1) is 15.2 Å². The molecule has 0 saturated carbocycles. The molecule has 6 nitrogen and oxygen atoms in total. The summed E-state index contributed by atoms with van der Waals surface area (Å²) in [6.07, 6.45) is -0.00854. The lowest BCUT2D eigenvalue weighted by atomic mass is 10.1. The summed E-state index contributed by atoms with van der Waals surface area (Å²) in [6, 6.07) is 9.99. The van der Waals surface area contributed by atoms with Gasteiger partial charge in [0.1, 0.15) is 23.4 Å². The zero-order valence-electron chi connectivity index (χ0n) is 13.2. The van der Waals surface area contributed by atoms with Crippen LogP contribution in [0.4, 0.5) is 20.2 Å². The Kier molecular flexibility index (Phi) is 5.16. The molecule has 1 unspecified atom stereocenters. The fraction of sp³-hybridized carbons (Fsp3) is 0.118. The number of rotatable bonds is 4. The summed E-state index contributed by atoms with van der Waals surface area (Å²) in [4.78, 5) is 24.1. The second-order valence-corrected chi connectivity index (χ2v) is 6.64. The van der Waals surface area contributed by atoms with Gasteiger partial charge in [-0.15, -0.1) is 0 Å². The van der Waals surface area contributed by atoms with Gasteiger partial charge in [0, 0.05) is 12.1 Å². The van der Waals surface area contributed by atoms with Crippen molar-refractivity contribution >= 4 is 51.5 Å². The number of amides is 2. The van der Waals surface area contributed by atoms with Gasteiger partial charge in [0.2, 0.25) is 5.91 Å². The number of para-hydroxylation sites is 1. The SMILES string of the molecule is NC(=O)C1CC(C(=O)Nc2cc(F)c(I)c(F)c2)=NN1c1ccccc1. The van der Waals surface area contributed by atoms with Crippen LogP contribution in [0.3, 0.4) is 0 Å². The van der Waals surface area contributed by atoms with E-state index in [-0.39, 0.29) is 21.4 Å². The van der Waals surface area contributed by atoms with Gasteiger partial charge < -0.3 is 11.1 Å². The van der Waals surface area contributed by atoms with Crippen LogP contribution < -0.4 is 16.1 Å². The van der Waals surface area contributed by atoms with Crippen LogP contribution in [0.2, 0.25) is 0 Å². The molecule has 0 aromatic heterocycles. The molecule has 0 spiro atoms. The fourth-order valence-electron chi connectivity index (χ4n) is 2.52. The van der Waals surface area contributed by atoms with Crippen molar-refractivity contribution in [1.29, 1.82) is 0 Å². The van der Waals surface area contributed by atoms with Crippen molar-refractivity contribution in [2.24, 2.45) is 10.8 Å². The van der Waals surface area contributed by atoms with Gasteiger partial charge in [0.05, 0.1) is 9.26 Å². The number of nitrogens with one attached hydrogen (secondary N) is 1. The molecule has 1 heterocycles. The Bertz CT molecular complexity index is 882. The number of hydrazone groups is 1. The Morgan fingerprint density at radius 2 is 1.81 bits per heavy atom. The van der Waals surface area contributed by atoms with E-state index >= 15 is 0 Å². The molecule has 134 valence electrons. The maximum absolute atomic E-state index is 13.6. The molecule has 0 bridgehead atoms. The van der Waals surface area contributed by atoms with E-state index in [1.807, 2.05) is 0 Å². The number of carbonyl (C=O) groups is 2. The smallest absolute Gasteiger partial charge is 0.271 e. The molecule has 3 N–H and O–H groups in total. The highest BCUT2D eigenvalue weighted by Crippen LogP contribution is 2.25. The minimum Gasteiger partial charge on any atom is -0.368 e. The lowest BCUT2D eigenvalue weighted by Gasteiger charge is -2.20. The summed E-state index contributed by atoms with van der Waals surface area (Å²) in [7, 11) is 0. The zero-order valence-corrected chi connectivity index (χ0v) is 15.4. The van der Waals surface area contributed by atoms with Crippen molar-refractivity contribution < 1.29 is 18.4 Å². The van der Waals surface area contributed by atoms with E-state index in [2.05, 4.69) is 10.4 Å². The topological polar surface area (TPSA) is 87.8 Å². The molecule has 0 aliphatic carbocycles. The maximum atomic E-state index is 13.6. The Hall–Kier alpha value is -2.56. The number of benzene rings is 2. The number of anilines is 2. The number of halogens is 3. The number of nitrogens with zero attached hydrogens (tertiary/aromatic N) is 2. The monoisotopic (exact) mass is 470 g/mol. The first-order valence-electron chi connectivity index (χ1n) is 7.54. The Balaban J connectivity index is 1.84. The summed E-state index contributed by atoms with van der Waals surface area (Å²) in [5.41, 5.74) is 6.01. The molecule has 0 saturated heterocycles. The predicted molar refractivity (Wildman–Crippen MR) is 102 cm³/mol. The van der Waals surface area contributed by atoms with E-state index in [1.54, 1.807) is 30.3 Å². The molecule has 0 fully saturated rings. The number of hydrogen-bond donors (Lipinski definition) is 2. The van der Waals surface area contributed by atoms with Crippen LogP contribution in [-0.2, 0) is 9.59 Å². The van der Waals surface area contributed by atoms with Crippen LogP contribution in [0.1, 0.15) is 6.42 Å². The Labute approximate surface area is 161 Å². The summed E-state index contributed by atoms with van der Waals surface area (Å²) in [6.45, 7) is 0. The first kappa shape index (κ1) is 18.2. The molecule has 9 heteroatoms.